The van der Waals surface area contributed by atoms with Gasteiger partial charge < -0.3 is 5.32 Å². The molecule has 0 bridgehead atoms. The van der Waals surface area contributed by atoms with Crippen molar-refractivity contribution < 1.29 is 8.42 Å². The monoisotopic (exact) mass is 294 g/mol. The van der Waals surface area contributed by atoms with Gasteiger partial charge in [-0.05, 0) is 31.9 Å². The lowest BCUT2D eigenvalue weighted by Gasteiger charge is -2.31. The van der Waals surface area contributed by atoms with E-state index in [9.17, 15) is 8.42 Å². The first-order valence-electron chi connectivity index (χ1n) is 6.65. The number of piperidine rings is 1. The third-order valence-corrected chi connectivity index (χ3v) is 5.34. The Hall–Kier alpha value is -1.65. The number of rotatable bonds is 4. The highest BCUT2D eigenvalue weighted by atomic mass is 32.2. The molecular weight excluding hydrogens is 276 g/mol. The van der Waals surface area contributed by atoms with Crippen LogP contribution in [0.3, 0.4) is 0 Å². The zero-order valence-corrected chi connectivity index (χ0v) is 12.2. The summed E-state index contributed by atoms with van der Waals surface area (Å²) in [6, 6.07) is 5.73. The lowest BCUT2D eigenvalue weighted by Crippen LogP contribution is -2.43. The van der Waals surface area contributed by atoms with E-state index in [1.54, 1.807) is 23.4 Å². The van der Waals surface area contributed by atoms with Gasteiger partial charge in [0.2, 0.25) is 10.0 Å². The minimum Gasteiger partial charge on any atom is -0.367 e. The van der Waals surface area contributed by atoms with Crippen molar-refractivity contribution in [1.29, 1.82) is 5.26 Å². The topological polar surface area (TPSA) is 86.1 Å². The third-order valence-electron chi connectivity index (χ3n) is 3.46. The molecule has 1 aromatic heterocycles. The van der Waals surface area contributed by atoms with Crippen LogP contribution in [-0.2, 0) is 10.0 Å². The number of nitrogens with zero attached hydrogens (tertiary/aromatic N) is 3. The molecule has 2 rings (SSSR count). The second-order valence-corrected chi connectivity index (χ2v) is 7.02. The first kappa shape index (κ1) is 14.8. The summed E-state index contributed by atoms with van der Waals surface area (Å²) in [6.45, 7) is 2.76. The lowest BCUT2D eigenvalue weighted by atomic mass is 10.1. The highest BCUT2D eigenvalue weighted by molar-refractivity contribution is 7.89. The second-order valence-electron chi connectivity index (χ2n) is 4.76. The Morgan fingerprint density at radius 2 is 2.15 bits per heavy atom. The molecule has 1 saturated heterocycles. The fraction of sp³-hybridized carbons (Fsp3) is 0.538. The first-order valence-corrected chi connectivity index (χ1v) is 8.26. The average molecular weight is 294 g/mol. The molecule has 1 fully saturated rings. The van der Waals surface area contributed by atoms with Crippen molar-refractivity contribution in [2.24, 2.45) is 0 Å². The van der Waals surface area contributed by atoms with E-state index < -0.39 is 10.0 Å². The summed E-state index contributed by atoms with van der Waals surface area (Å²) in [5.41, 5.74) is 0.527. The normalized spacial score (nSPS) is 17.6. The fourth-order valence-electron chi connectivity index (χ4n) is 2.22. The number of hydrogen-bond acceptors (Lipinski definition) is 5. The number of anilines is 1. The maximum absolute atomic E-state index is 11.8. The van der Waals surface area contributed by atoms with Crippen molar-refractivity contribution in [3.05, 3.63) is 23.9 Å². The number of nitrogens with one attached hydrogen (secondary N) is 1. The number of pyridine rings is 1. The van der Waals surface area contributed by atoms with Crippen LogP contribution < -0.4 is 5.32 Å². The van der Waals surface area contributed by atoms with E-state index in [4.69, 9.17) is 5.26 Å². The summed E-state index contributed by atoms with van der Waals surface area (Å²) in [5, 5.41) is 12.0. The number of nitriles is 1. The van der Waals surface area contributed by atoms with E-state index in [2.05, 4.69) is 10.3 Å². The van der Waals surface area contributed by atoms with Crippen molar-refractivity contribution in [2.45, 2.75) is 25.8 Å². The zero-order valence-electron chi connectivity index (χ0n) is 11.4. The van der Waals surface area contributed by atoms with Gasteiger partial charge in [-0.2, -0.15) is 5.26 Å². The van der Waals surface area contributed by atoms with Crippen LogP contribution in [0.25, 0.3) is 0 Å². The van der Waals surface area contributed by atoms with Crippen LogP contribution in [0.2, 0.25) is 0 Å². The quantitative estimate of drug-likeness (QED) is 0.901. The predicted octanol–water partition coefficient (Wildman–Crippen LogP) is 1.18. The second kappa shape index (κ2) is 6.20. The van der Waals surface area contributed by atoms with E-state index in [0.29, 0.717) is 18.7 Å². The first-order chi connectivity index (χ1) is 9.55. The van der Waals surface area contributed by atoms with Crippen molar-refractivity contribution in [1.82, 2.24) is 9.29 Å². The van der Waals surface area contributed by atoms with Gasteiger partial charge in [0.15, 0.2) is 0 Å². The maximum Gasteiger partial charge on any atom is 0.213 e. The molecule has 1 N–H and O–H groups in total. The van der Waals surface area contributed by atoms with E-state index in [1.807, 2.05) is 6.07 Å². The summed E-state index contributed by atoms with van der Waals surface area (Å²) in [5.74, 6) is 0.878. The molecule has 108 valence electrons. The molecule has 0 spiro atoms. The molecule has 2 heterocycles. The molecule has 0 aliphatic carbocycles. The Balaban J connectivity index is 1.90. The maximum atomic E-state index is 11.8. The molecule has 0 saturated carbocycles. The number of aromatic nitrogens is 1. The molecule has 7 heteroatoms. The van der Waals surface area contributed by atoms with Gasteiger partial charge in [0.05, 0.1) is 11.3 Å². The molecule has 0 amide bonds. The van der Waals surface area contributed by atoms with Gasteiger partial charge in [-0.25, -0.2) is 17.7 Å². The lowest BCUT2D eigenvalue weighted by molar-refractivity contribution is 0.330. The van der Waals surface area contributed by atoms with Crippen LogP contribution >= 0.6 is 0 Å². The molecule has 1 aliphatic heterocycles. The Morgan fingerprint density at radius 3 is 2.65 bits per heavy atom. The molecule has 1 aromatic rings. The van der Waals surface area contributed by atoms with Crippen molar-refractivity contribution >= 4 is 15.8 Å². The summed E-state index contributed by atoms with van der Waals surface area (Å²) in [7, 11) is -3.07. The predicted molar refractivity (Wildman–Crippen MR) is 76.6 cm³/mol. The van der Waals surface area contributed by atoms with E-state index in [0.717, 1.165) is 18.7 Å². The van der Waals surface area contributed by atoms with Gasteiger partial charge >= 0.3 is 0 Å². The van der Waals surface area contributed by atoms with Gasteiger partial charge in [-0.15, -0.1) is 0 Å². The fourth-order valence-corrected chi connectivity index (χ4v) is 3.35. The Kier molecular flexibility index (Phi) is 4.57. The van der Waals surface area contributed by atoms with Gasteiger partial charge in [0.25, 0.3) is 0 Å². The average Bonchev–Trinajstić information content (AvgIpc) is 2.48. The Bertz CT molecular complexity index is 584. The Labute approximate surface area is 119 Å². The molecule has 0 unspecified atom stereocenters. The zero-order chi connectivity index (χ0) is 14.6. The number of hydrogen-bond donors (Lipinski definition) is 1. The molecule has 0 radical (unpaired) electrons. The van der Waals surface area contributed by atoms with Crippen LogP contribution in [0.15, 0.2) is 18.3 Å². The summed E-state index contributed by atoms with van der Waals surface area (Å²) in [4.78, 5) is 4.16. The van der Waals surface area contributed by atoms with E-state index >= 15 is 0 Å². The molecule has 20 heavy (non-hydrogen) atoms. The van der Waals surface area contributed by atoms with Gasteiger partial charge in [-0.3, -0.25) is 0 Å². The molecule has 0 atom stereocenters. The molecule has 0 aromatic carbocycles. The SMILES string of the molecule is CCS(=O)(=O)N1CCC(Nc2ccc(C#N)cn2)CC1. The minimum absolute atomic E-state index is 0.155. The standard InChI is InChI=1S/C13H18N4O2S/c1-2-20(18,19)17-7-5-12(6-8-17)16-13-4-3-11(9-14)10-15-13/h3-4,10,12H,2,5-8H2,1H3,(H,15,16). The highest BCUT2D eigenvalue weighted by Gasteiger charge is 2.26. The summed E-state index contributed by atoms with van der Waals surface area (Å²) in [6.07, 6.45) is 3.06. The van der Waals surface area contributed by atoms with Crippen molar-refractivity contribution in [2.75, 3.05) is 24.2 Å². The largest absolute Gasteiger partial charge is 0.367 e. The highest BCUT2D eigenvalue weighted by Crippen LogP contribution is 2.17. The summed E-state index contributed by atoms with van der Waals surface area (Å²) < 4.78 is 25.1. The molecular formula is C13H18N4O2S. The van der Waals surface area contributed by atoms with Crippen LogP contribution in [0.5, 0.6) is 0 Å². The van der Waals surface area contributed by atoms with Crippen LogP contribution in [0, 0.1) is 11.3 Å². The van der Waals surface area contributed by atoms with Crippen LogP contribution in [-0.4, -0.2) is 42.6 Å². The van der Waals surface area contributed by atoms with Gasteiger partial charge in [0, 0.05) is 25.3 Å². The van der Waals surface area contributed by atoms with Crippen LogP contribution in [0.4, 0.5) is 5.82 Å². The van der Waals surface area contributed by atoms with Gasteiger partial charge in [-0.1, -0.05) is 0 Å². The molecule has 6 nitrogen and oxygen atoms in total. The van der Waals surface area contributed by atoms with Crippen LogP contribution in [0.1, 0.15) is 25.3 Å². The van der Waals surface area contributed by atoms with Crippen molar-refractivity contribution in [3.63, 3.8) is 0 Å². The Morgan fingerprint density at radius 1 is 1.45 bits per heavy atom. The smallest absolute Gasteiger partial charge is 0.213 e. The summed E-state index contributed by atoms with van der Waals surface area (Å²) >= 11 is 0. The molecule has 1 aliphatic rings. The van der Waals surface area contributed by atoms with Crippen molar-refractivity contribution in [3.8, 4) is 6.07 Å². The number of sulfonamides is 1. The van der Waals surface area contributed by atoms with Gasteiger partial charge in [0.1, 0.15) is 11.9 Å². The third kappa shape index (κ3) is 3.46. The van der Waals surface area contributed by atoms with E-state index in [-0.39, 0.29) is 11.8 Å². The van der Waals surface area contributed by atoms with E-state index in [1.165, 1.54) is 6.20 Å². The minimum atomic E-state index is -3.07.